The molecule has 0 N–H and O–H groups in total. The highest BCUT2D eigenvalue weighted by Crippen LogP contribution is 2.24. The summed E-state index contributed by atoms with van der Waals surface area (Å²) in [7, 11) is 0. The Kier molecular flexibility index (Phi) is 6.47. The number of carbonyl (C=O) groups excluding carboxylic acids is 1. The Balaban J connectivity index is 0.00000210. The summed E-state index contributed by atoms with van der Waals surface area (Å²) in [6, 6.07) is 15.4. The lowest BCUT2D eigenvalue weighted by atomic mass is 10.1. The summed E-state index contributed by atoms with van der Waals surface area (Å²) in [5, 5.41) is 0.772. The number of para-hydroxylation sites is 1. The van der Waals surface area contributed by atoms with E-state index < -0.39 is 0 Å². The van der Waals surface area contributed by atoms with Gasteiger partial charge in [0.25, 0.3) is 5.91 Å². The van der Waals surface area contributed by atoms with E-state index in [1.54, 1.807) is 4.90 Å². The maximum Gasteiger partial charge on any atom is 0.260 e. The number of amides is 1. The molecule has 1 fully saturated rings. The van der Waals surface area contributed by atoms with Crippen molar-refractivity contribution in [2.24, 2.45) is 0 Å². The topological polar surface area (TPSA) is 36.0 Å². The molecule has 27 heavy (non-hydrogen) atoms. The molecule has 2 aliphatic rings. The first-order valence-electron chi connectivity index (χ1n) is 8.95. The predicted molar refractivity (Wildman–Crippen MR) is 110 cm³/mol. The fraction of sp³-hybridized carbons (Fsp3) is 0.350. The molecule has 4 rings (SSSR count). The van der Waals surface area contributed by atoms with E-state index >= 15 is 0 Å². The van der Waals surface area contributed by atoms with Crippen LogP contribution in [0.4, 0.5) is 5.69 Å². The Hall–Kier alpha value is -1.95. The number of piperazine rings is 1. The summed E-state index contributed by atoms with van der Waals surface area (Å²) in [6.45, 7) is 5.77. The Morgan fingerprint density at radius 1 is 0.963 bits per heavy atom. The number of fused-ring (bicyclic) bond motifs is 1. The van der Waals surface area contributed by atoms with Crippen molar-refractivity contribution in [1.29, 1.82) is 0 Å². The van der Waals surface area contributed by atoms with Gasteiger partial charge in [-0.05, 0) is 30.3 Å². The smallest absolute Gasteiger partial charge is 0.260 e. The van der Waals surface area contributed by atoms with E-state index in [4.69, 9.17) is 16.3 Å². The summed E-state index contributed by atoms with van der Waals surface area (Å²) in [6.07, 6.45) is 0. The van der Waals surface area contributed by atoms with E-state index in [0.717, 1.165) is 37.7 Å². The van der Waals surface area contributed by atoms with Crippen LogP contribution in [-0.4, -0.2) is 61.7 Å². The molecule has 0 bridgehead atoms. The largest absolute Gasteiger partial charge is 0.472 e. The summed E-state index contributed by atoms with van der Waals surface area (Å²) >= 11 is 6.09. The van der Waals surface area contributed by atoms with Crippen LogP contribution in [0.25, 0.3) is 0 Å². The zero-order valence-electron chi connectivity index (χ0n) is 15.0. The molecular weight excluding hydrogens is 385 g/mol. The van der Waals surface area contributed by atoms with Crippen LogP contribution in [-0.2, 0) is 0 Å². The number of nitrogens with zero attached hydrogens (tertiary/aromatic N) is 3. The monoisotopic (exact) mass is 407 g/mol. The van der Waals surface area contributed by atoms with Gasteiger partial charge in [-0.2, -0.15) is 0 Å². The van der Waals surface area contributed by atoms with Gasteiger partial charge in [-0.15, -0.1) is 12.4 Å². The molecule has 144 valence electrons. The zero-order valence-corrected chi connectivity index (χ0v) is 16.6. The first-order chi connectivity index (χ1) is 12.7. The summed E-state index contributed by atoms with van der Waals surface area (Å²) in [5.74, 6) is 0.744. The third kappa shape index (κ3) is 4.49. The fourth-order valence-corrected chi connectivity index (χ4v) is 3.66. The summed E-state index contributed by atoms with van der Waals surface area (Å²) < 4.78 is 5.70. The number of hydrogen-bond acceptors (Lipinski definition) is 4. The average Bonchev–Trinajstić information content (AvgIpc) is 2.68. The van der Waals surface area contributed by atoms with E-state index in [1.165, 1.54) is 5.69 Å². The zero-order chi connectivity index (χ0) is 17.9. The molecule has 1 amide bonds. The molecule has 0 aromatic heterocycles. The van der Waals surface area contributed by atoms with Crippen molar-refractivity contribution in [3.63, 3.8) is 0 Å². The minimum atomic E-state index is 0. The van der Waals surface area contributed by atoms with Gasteiger partial charge in [0.2, 0.25) is 0 Å². The van der Waals surface area contributed by atoms with Crippen molar-refractivity contribution in [2.75, 3.05) is 50.9 Å². The summed E-state index contributed by atoms with van der Waals surface area (Å²) in [5.41, 5.74) is 1.83. The minimum absolute atomic E-state index is 0. The highest BCUT2D eigenvalue weighted by molar-refractivity contribution is 6.30. The maximum absolute atomic E-state index is 12.6. The van der Waals surface area contributed by atoms with Crippen molar-refractivity contribution in [3.05, 3.63) is 59.1 Å². The van der Waals surface area contributed by atoms with Gasteiger partial charge in [-0.1, -0.05) is 29.8 Å². The first-order valence-corrected chi connectivity index (χ1v) is 9.32. The number of rotatable bonds is 4. The first kappa shape index (κ1) is 19.8. The van der Waals surface area contributed by atoms with Gasteiger partial charge >= 0.3 is 0 Å². The van der Waals surface area contributed by atoms with Gasteiger partial charge in [0, 0.05) is 50.0 Å². The Labute approximate surface area is 170 Å². The van der Waals surface area contributed by atoms with E-state index in [0.29, 0.717) is 24.6 Å². The molecule has 2 aromatic rings. The normalized spacial score (nSPS) is 17.1. The molecule has 7 heteroatoms. The quantitative estimate of drug-likeness (QED) is 0.778. The van der Waals surface area contributed by atoms with Crippen molar-refractivity contribution in [1.82, 2.24) is 9.80 Å². The Morgan fingerprint density at radius 3 is 2.52 bits per heavy atom. The molecule has 0 aliphatic carbocycles. The standard InChI is InChI=1S/C20H22ClN3O2.ClH/c21-16-4-3-5-17(14-16)23-11-8-22(9-12-23)10-13-24-15-26-19-7-2-1-6-18(19)20(24)25;/h1-7,14H,8-13,15H2;1H. The van der Waals surface area contributed by atoms with E-state index in [1.807, 2.05) is 42.5 Å². The van der Waals surface area contributed by atoms with Crippen LogP contribution < -0.4 is 9.64 Å². The lowest BCUT2D eigenvalue weighted by Gasteiger charge is -2.37. The van der Waals surface area contributed by atoms with Gasteiger partial charge in [0.05, 0.1) is 5.56 Å². The number of carbonyl (C=O) groups is 1. The second-order valence-electron chi connectivity index (χ2n) is 6.65. The lowest BCUT2D eigenvalue weighted by Crippen LogP contribution is -2.50. The second kappa shape index (κ2) is 8.83. The van der Waals surface area contributed by atoms with Crippen LogP contribution in [0.3, 0.4) is 0 Å². The van der Waals surface area contributed by atoms with Gasteiger partial charge in [-0.25, -0.2) is 0 Å². The van der Waals surface area contributed by atoms with Gasteiger partial charge in [0.1, 0.15) is 5.75 Å². The SMILES string of the molecule is Cl.O=C1c2ccccc2OCN1CCN1CCN(c2cccc(Cl)c2)CC1. The van der Waals surface area contributed by atoms with Crippen molar-refractivity contribution < 1.29 is 9.53 Å². The number of ether oxygens (including phenoxy) is 1. The predicted octanol–water partition coefficient (Wildman–Crippen LogP) is 3.38. The molecule has 5 nitrogen and oxygen atoms in total. The van der Waals surface area contributed by atoms with Crippen molar-refractivity contribution in [2.45, 2.75) is 0 Å². The molecule has 2 aromatic carbocycles. The highest BCUT2D eigenvalue weighted by atomic mass is 35.5. The van der Waals surface area contributed by atoms with Crippen LogP contribution in [0, 0.1) is 0 Å². The average molecular weight is 408 g/mol. The van der Waals surface area contributed by atoms with Gasteiger partial charge in [-0.3, -0.25) is 9.69 Å². The molecule has 2 aliphatic heterocycles. The van der Waals surface area contributed by atoms with Crippen molar-refractivity contribution in [3.8, 4) is 5.75 Å². The van der Waals surface area contributed by atoms with E-state index in [9.17, 15) is 4.79 Å². The third-order valence-corrected chi connectivity index (χ3v) is 5.25. The number of halogens is 2. The Morgan fingerprint density at radius 2 is 1.74 bits per heavy atom. The highest BCUT2D eigenvalue weighted by Gasteiger charge is 2.26. The summed E-state index contributed by atoms with van der Waals surface area (Å²) in [4.78, 5) is 19.1. The van der Waals surface area contributed by atoms with Crippen molar-refractivity contribution >= 4 is 35.6 Å². The molecule has 2 heterocycles. The molecule has 0 atom stereocenters. The fourth-order valence-electron chi connectivity index (χ4n) is 3.48. The van der Waals surface area contributed by atoms with Crippen LogP contribution in [0.1, 0.15) is 10.4 Å². The van der Waals surface area contributed by atoms with Gasteiger partial charge < -0.3 is 14.5 Å². The van der Waals surface area contributed by atoms with Crippen LogP contribution in [0.2, 0.25) is 5.02 Å². The maximum atomic E-state index is 12.6. The van der Waals surface area contributed by atoms with Crippen LogP contribution >= 0.6 is 24.0 Å². The van der Waals surface area contributed by atoms with E-state index in [-0.39, 0.29) is 18.3 Å². The third-order valence-electron chi connectivity index (χ3n) is 5.01. The Bertz CT molecular complexity index is 794. The molecule has 0 radical (unpaired) electrons. The number of anilines is 1. The number of hydrogen-bond donors (Lipinski definition) is 0. The molecule has 0 saturated carbocycles. The van der Waals surface area contributed by atoms with Gasteiger partial charge in [0.15, 0.2) is 6.73 Å². The second-order valence-corrected chi connectivity index (χ2v) is 7.08. The molecule has 0 unspecified atom stereocenters. The van der Waals surface area contributed by atoms with E-state index in [2.05, 4.69) is 15.9 Å². The molecule has 0 spiro atoms. The van der Waals surface area contributed by atoms with Crippen LogP contribution in [0.5, 0.6) is 5.75 Å². The lowest BCUT2D eigenvalue weighted by molar-refractivity contribution is 0.0488. The van der Waals surface area contributed by atoms with Crippen LogP contribution in [0.15, 0.2) is 48.5 Å². The molecular formula is C20H23Cl2N3O2. The minimum Gasteiger partial charge on any atom is -0.472 e. The number of benzene rings is 2. The molecule has 1 saturated heterocycles.